The number of hydrogen-bond donors (Lipinski definition) is 2. The van der Waals surface area contributed by atoms with E-state index in [1.165, 1.54) is 0 Å². The van der Waals surface area contributed by atoms with Crippen LogP contribution in [0.25, 0.3) is 0 Å². The van der Waals surface area contributed by atoms with Gasteiger partial charge in [0.25, 0.3) is 0 Å². The van der Waals surface area contributed by atoms with Gasteiger partial charge in [-0.15, -0.1) is 24.0 Å². The molecule has 1 aromatic carbocycles. The molecule has 0 aliphatic carbocycles. The smallest absolute Gasteiger partial charge is 0.214 e. The van der Waals surface area contributed by atoms with Crippen LogP contribution in [0.2, 0.25) is 0 Å². The molecule has 3 rings (SSSR count). The van der Waals surface area contributed by atoms with Gasteiger partial charge in [-0.1, -0.05) is 24.3 Å². The predicted molar refractivity (Wildman–Crippen MR) is 135 cm³/mol. The maximum Gasteiger partial charge on any atom is 0.214 e. The number of pyridine rings is 1. The van der Waals surface area contributed by atoms with Crippen LogP contribution in [0, 0.1) is 13.8 Å². The van der Waals surface area contributed by atoms with Gasteiger partial charge in [-0.3, -0.25) is 0 Å². The SMILES string of the molecule is CCNC(=NCc1ccc(OCCOc2ccccc2)nc1)NCc1nc(C)c(C)o1.I. The summed E-state index contributed by atoms with van der Waals surface area (Å²) >= 11 is 0. The highest BCUT2D eigenvalue weighted by molar-refractivity contribution is 14.0. The molecule has 2 N–H and O–H groups in total. The van der Waals surface area contributed by atoms with Gasteiger partial charge < -0.3 is 24.5 Å². The number of aliphatic imine (C=N–C) groups is 1. The van der Waals surface area contributed by atoms with E-state index in [1.807, 2.05) is 63.2 Å². The second-order valence-corrected chi connectivity index (χ2v) is 6.81. The summed E-state index contributed by atoms with van der Waals surface area (Å²) in [6.45, 7) is 8.45. The van der Waals surface area contributed by atoms with E-state index in [0.29, 0.717) is 44.0 Å². The Morgan fingerprint density at radius 2 is 1.81 bits per heavy atom. The lowest BCUT2D eigenvalue weighted by molar-refractivity contribution is 0.212. The number of rotatable bonds is 10. The largest absolute Gasteiger partial charge is 0.490 e. The van der Waals surface area contributed by atoms with Crippen molar-refractivity contribution in [3.8, 4) is 11.6 Å². The summed E-state index contributed by atoms with van der Waals surface area (Å²) < 4.78 is 16.8. The van der Waals surface area contributed by atoms with Crippen molar-refractivity contribution in [2.24, 2.45) is 4.99 Å². The number of para-hydroxylation sites is 1. The van der Waals surface area contributed by atoms with Gasteiger partial charge >= 0.3 is 0 Å². The van der Waals surface area contributed by atoms with Gasteiger partial charge in [-0.2, -0.15) is 0 Å². The molecular weight excluding hydrogens is 521 g/mol. The summed E-state index contributed by atoms with van der Waals surface area (Å²) in [5.41, 5.74) is 1.88. The van der Waals surface area contributed by atoms with Crippen molar-refractivity contribution in [3.05, 3.63) is 71.6 Å². The predicted octanol–water partition coefficient (Wildman–Crippen LogP) is 4.02. The van der Waals surface area contributed by atoms with Crippen LogP contribution in [0.4, 0.5) is 0 Å². The summed E-state index contributed by atoms with van der Waals surface area (Å²) in [4.78, 5) is 13.3. The maximum absolute atomic E-state index is 5.63. The molecule has 8 nitrogen and oxygen atoms in total. The first-order chi connectivity index (χ1) is 15.1. The molecule has 0 unspecified atom stereocenters. The molecule has 0 fully saturated rings. The number of nitrogens with zero attached hydrogens (tertiary/aromatic N) is 3. The fourth-order valence-electron chi connectivity index (χ4n) is 2.70. The Hall–Kier alpha value is -2.82. The highest BCUT2D eigenvalue weighted by Gasteiger charge is 2.06. The van der Waals surface area contributed by atoms with Crippen LogP contribution in [0.15, 0.2) is 58.1 Å². The minimum absolute atomic E-state index is 0. The van der Waals surface area contributed by atoms with Crippen molar-refractivity contribution in [1.82, 2.24) is 20.6 Å². The highest BCUT2D eigenvalue weighted by Crippen LogP contribution is 2.11. The van der Waals surface area contributed by atoms with Crippen LogP contribution in [-0.4, -0.2) is 35.7 Å². The van der Waals surface area contributed by atoms with E-state index in [1.54, 1.807) is 6.20 Å². The molecule has 32 heavy (non-hydrogen) atoms. The number of benzene rings is 1. The molecule has 0 saturated carbocycles. The minimum atomic E-state index is 0. The van der Waals surface area contributed by atoms with Crippen LogP contribution in [0.3, 0.4) is 0 Å². The third kappa shape index (κ3) is 8.37. The molecule has 0 saturated heterocycles. The lowest BCUT2D eigenvalue weighted by Gasteiger charge is -2.10. The monoisotopic (exact) mass is 551 g/mol. The van der Waals surface area contributed by atoms with E-state index in [0.717, 1.165) is 29.3 Å². The molecule has 2 aromatic heterocycles. The van der Waals surface area contributed by atoms with Crippen LogP contribution in [0.1, 0.15) is 29.8 Å². The van der Waals surface area contributed by atoms with Crippen molar-refractivity contribution in [1.29, 1.82) is 0 Å². The average Bonchev–Trinajstić information content (AvgIpc) is 3.12. The van der Waals surface area contributed by atoms with Crippen molar-refractivity contribution in [2.45, 2.75) is 33.9 Å². The van der Waals surface area contributed by atoms with Gasteiger partial charge in [-0.05, 0) is 38.5 Å². The molecule has 0 atom stereocenters. The quantitative estimate of drug-likeness (QED) is 0.170. The Morgan fingerprint density at radius 3 is 2.47 bits per heavy atom. The lowest BCUT2D eigenvalue weighted by atomic mass is 10.3. The normalized spacial score (nSPS) is 10.9. The zero-order chi connectivity index (χ0) is 21.9. The number of aromatic nitrogens is 2. The topological polar surface area (TPSA) is 93.8 Å². The average molecular weight is 551 g/mol. The third-order valence-electron chi connectivity index (χ3n) is 4.39. The number of hydrogen-bond acceptors (Lipinski definition) is 6. The molecule has 0 radical (unpaired) electrons. The van der Waals surface area contributed by atoms with Gasteiger partial charge in [0.2, 0.25) is 11.8 Å². The zero-order valence-electron chi connectivity index (χ0n) is 18.6. The first kappa shape index (κ1) is 25.4. The van der Waals surface area contributed by atoms with Gasteiger partial charge in [0.05, 0.1) is 18.8 Å². The Bertz CT molecular complexity index is 942. The number of oxazole rings is 1. The lowest BCUT2D eigenvalue weighted by Crippen LogP contribution is -2.36. The van der Waals surface area contributed by atoms with Gasteiger partial charge in [0.15, 0.2) is 5.96 Å². The summed E-state index contributed by atoms with van der Waals surface area (Å²) in [6.07, 6.45) is 1.77. The summed E-state index contributed by atoms with van der Waals surface area (Å²) in [5.74, 6) is 3.54. The molecule has 172 valence electrons. The van der Waals surface area contributed by atoms with Crippen LogP contribution in [0.5, 0.6) is 11.6 Å². The molecule has 0 aliphatic rings. The maximum atomic E-state index is 5.63. The van der Waals surface area contributed by atoms with E-state index in [4.69, 9.17) is 13.9 Å². The zero-order valence-corrected chi connectivity index (χ0v) is 21.0. The van der Waals surface area contributed by atoms with Crippen molar-refractivity contribution in [2.75, 3.05) is 19.8 Å². The number of halogens is 1. The molecule has 0 bridgehead atoms. The second kappa shape index (κ2) is 13.6. The van der Waals surface area contributed by atoms with Crippen LogP contribution < -0.4 is 20.1 Å². The second-order valence-electron chi connectivity index (χ2n) is 6.81. The fourth-order valence-corrected chi connectivity index (χ4v) is 2.70. The number of aryl methyl sites for hydroxylation is 2. The van der Waals surface area contributed by atoms with Gasteiger partial charge in [0.1, 0.15) is 24.7 Å². The number of guanidine groups is 1. The van der Waals surface area contributed by atoms with Crippen LogP contribution >= 0.6 is 24.0 Å². The molecule has 0 spiro atoms. The fraction of sp³-hybridized carbons (Fsp3) is 0.348. The van der Waals surface area contributed by atoms with Crippen molar-refractivity contribution >= 4 is 29.9 Å². The molecule has 9 heteroatoms. The van der Waals surface area contributed by atoms with E-state index in [-0.39, 0.29) is 24.0 Å². The Kier molecular flexibility index (Phi) is 10.8. The molecule has 3 aromatic rings. The Balaban J connectivity index is 0.00000363. The summed E-state index contributed by atoms with van der Waals surface area (Å²) in [6, 6.07) is 13.4. The van der Waals surface area contributed by atoms with Crippen molar-refractivity contribution < 1.29 is 13.9 Å². The standard InChI is InChI=1S/C23H29N5O3.HI/c1-4-24-23(27-16-22-28-17(2)18(3)31-22)26-15-19-10-11-21(25-14-19)30-13-12-29-20-8-6-5-7-9-20;/h5-11,14H,4,12-13,15-16H2,1-3H3,(H2,24,26,27);1H. The Labute approximate surface area is 205 Å². The first-order valence-electron chi connectivity index (χ1n) is 10.3. The van der Waals surface area contributed by atoms with E-state index in [2.05, 4.69) is 25.6 Å². The van der Waals surface area contributed by atoms with Crippen molar-refractivity contribution in [3.63, 3.8) is 0 Å². The van der Waals surface area contributed by atoms with E-state index in [9.17, 15) is 0 Å². The van der Waals surface area contributed by atoms with E-state index >= 15 is 0 Å². The Morgan fingerprint density at radius 1 is 1.03 bits per heavy atom. The minimum Gasteiger partial charge on any atom is -0.490 e. The highest BCUT2D eigenvalue weighted by atomic mass is 127. The first-order valence-corrected chi connectivity index (χ1v) is 10.3. The third-order valence-corrected chi connectivity index (χ3v) is 4.39. The molecule has 2 heterocycles. The number of nitrogens with one attached hydrogen (secondary N) is 2. The molecule has 0 amide bonds. The van der Waals surface area contributed by atoms with Gasteiger partial charge in [0, 0.05) is 18.8 Å². The van der Waals surface area contributed by atoms with E-state index < -0.39 is 0 Å². The molecule has 0 aliphatic heterocycles. The molecular formula is C23H30IN5O3. The van der Waals surface area contributed by atoms with Gasteiger partial charge in [-0.25, -0.2) is 15.0 Å². The summed E-state index contributed by atoms with van der Waals surface area (Å²) in [5, 5.41) is 6.44. The summed E-state index contributed by atoms with van der Waals surface area (Å²) in [7, 11) is 0. The number of ether oxygens (including phenoxy) is 2. The van der Waals surface area contributed by atoms with Crippen LogP contribution in [-0.2, 0) is 13.1 Å².